The van der Waals surface area contributed by atoms with Crippen LogP contribution >= 0.6 is 11.6 Å². The van der Waals surface area contributed by atoms with E-state index in [1.165, 1.54) is 4.31 Å². The first-order chi connectivity index (χ1) is 13.9. The van der Waals surface area contributed by atoms with Gasteiger partial charge in [0.25, 0.3) is 5.91 Å². The minimum atomic E-state index is -3.55. The molecule has 0 radical (unpaired) electrons. The van der Waals surface area contributed by atoms with Gasteiger partial charge in [0.15, 0.2) is 0 Å². The normalized spacial score (nSPS) is 14.2. The van der Waals surface area contributed by atoms with Gasteiger partial charge >= 0.3 is 0 Å². The van der Waals surface area contributed by atoms with E-state index in [0.29, 0.717) is 29.2 Å². The maximum absolute atomic E-state index is 12.9. The van der Waals surface area contributed by atoms with E-state index in [1.54, 1.807) is 54.6 Å². The van der Waals surface area contributed by atoms with Crippen LogP contribution in [0.5, 0.6) is 0 Å². The first-order valence-electron chi connectivity index (χ1n) is 9.17. The Kier molecular flexibility index (Phi) is 5.41. The summed E-state index contributed by atoms with van der Waals surface area (Å²) in [5.74, 6) is -0.244. The fourth-order valence-corrected chi connectivity index (χ4v) is 4.93. The molecule has 1 heterocycles. The molecule has 0 aromatic heterocycles. The molecule has 0 saturated heterocycles. The number of hydrogen-bond acceptors (Lipinski definition) is 3. The van der Waals surface area contributed by atoms with Crippen LogP contribution in [0.25, 0.3) is 0 Å². The van der Waals surface area contributed by atoms with E-state index < -0.39 is 10.0 Å². The number of amides is 1. The van der Waals surface area contributed by atoms with Crippen LogP contribution in [-0.4, -0.2) is 25.2 Å². The molecule has 1 aliphatic heterocycles. The van der Waals surface area contributed by atoms with Crippen molar-refractivity contribution in [2.24, 2.45) is 0 Å². The molecule has 4 rings (SSSR count). The van der Waals surface area contributed by atoms with Gasteiger partial charge in [-0.1, -0.05) is 35.9 Å². The van der Waals surface area contributed by atoms with Crippen LogP contribution in [0.4, 0.5) is 5.69 Å². The van der Waals surface area contributed by atoms with Crippen molar-refractivity contribution in [2.45, 2.75) is 17.9 Å². The Hall–Kier alpha value is -2.67. The first kappa shape index (κ1) is 19.6. The van der Waals surface area contributed by atoms with E-state index in [2.05, 4.69) is 5.32 Å². The number of nitrogens with one attached hydrogen (secondary N) is 1. The molecule has 0 unspecified atom stereocenters. The molecule has 1 aliphatic rings. The number of carbonyl (C=O) groups is 1. The topological polar surface area (TPSA) is 66.5 Å². The zero-order valence-electron chi connectivity index (χ0n) is 15.5. The highest BCUT2D eigenvalue weighted by molar-refractivity contribution is 7.89. The van der Waals surface area contributed by atoms with Crippen molar-refractivity contribution in [1.82, 2.24) is 4.31 Å². The minimum Gasteiger partial charge on any atom is -0.322 e. The highest BCUT2D eigenvalue weighted by Crippen LogP contribution is 2.27. The van der Waals surface area contributed by atoms with Crippen molar-refractivity contribution in [1.29, 1.82) is 0 Å². The lowest BCUT2D eigenvalue weighted by atomic mass is 10.0. The molecule has 0 saturated carbocycles. The van der Waals surface area contributed by atoms with Crippen molar-refractivity contribution in [3.8, 4) is 0 Å². The smallest absolute Gasteiger partial charge is 0.255 e. The Bertz CT molecular complexity index is 1150. The van der Waals surface area contributed by atoms with Crippen molar-refractivity contribution >= 4 is 33.2 Å². The number of carbonyl (C=O) groups excluding carboxylic acids is 1. The largest absolute Gasteiger partial charge is 0.322 e. The number of hydrogen-bond donors (Lipinski definition) is 1. The summed E-state index contributed by atoms with van der Waals surface area (Å²) in [7, 11) is -3.55. The first-order valence-corrected chi connectivity index (χ1v) is 11.0. The molecule has 29 heavy (non-hydrogen) atoms. The second kappa shape index (κ2) is 7.99. The molecule has 0 fully saturated rings. The quantitative estimate of drug-likeness (QED) is 0.674. The fourth-order valence-electron chi connectivity index (χ4n) is 3.36. The van der Waals surface area contributed by atoms with Gasteiger partial charge in [-0.25, -0.2) is 8.42 Å². The average Bonchev–Trinajstić information content (AvgIpc) is 2.74. The molecule has 0 atom stereocenters. The minimum absolute atomic E-state index is 0.244. The Morgan fingerprint density at radius 2 is 1.66 bits per heavy atom. The van der Waals surface area contributed by atoms with Gasteiger partial charge in [0.1, 0.15) is 0 Å². The molecule has 3 aromatic rings. The second-order valence-electron chi connectivity index (χ2n) is 6.85. The molecule has 7 heteroatoms. The summed E-state index contributed by atoms with van der Waals surface area (Å²) in [6.07, 6.45) is 0.632. The van der Waals surface area contributed by atoms with Crippen LogP contribution in [0.2, 0.25) is 5.02 Å². The van der Waals surface area contributed by atoms with E-state index in [-0.39, 0.29) is 17.3 Å². The molecule has 0 aliphatic carbocycles. The lowest BCUT2D eigenvalue weighted by Gasteiger charge is -2.28. The van der Waals surface area contributed by atoms with Crippen LogP contribution in [0.1, 0.15) is 21.5 Å². The number of sulfonamides is 1. The second-order valence-corrected chi connectivity index (χ2v) is 9.22. The number of anilines is 1. The zero-order valence-corrected chi connectivity index (χ0v) is 17.1. The van der Waals surface area contributed by atoms with E-state index in [0.717, 1.165) is 11.1 Å². The SMILES string of the molecule is O=C(Nc1ccc2c(c1)CN(S(=O)(=O)c1ccccc1)CC2)c1ccc(Cl)cc1. The predicted molar refractivity (Wildman–Crippen MR) is 114 cm³/mol. The molecule has 148 valence electrons. The van der Waals surface area contributed by atoms with Crippen LogP contribution in [-0.2, 0) is 23.0 Å². The number of rotatable bonds is 4. The molecule has 1 amide bonds. The lowest BCUT2D eigenvalue weighted by Crippen LogP contribution is -2.36. The van der Waals surface area contributed by atoms with Gasteiger partial charge in [0.2, 0.25) is 10.0 Å². The van der Waals surface area contributed by atoms with Gasteiger partial charge in [-0.2, -0.15) is 4.31 Å². The third-order valence-corrected chi connectivity index (χ3v) is 7.04. The summed E-state index contributed by atoms with van der Waals surface area (Å²) in [6.45, 7) is 0.706. The third-order valence-electron chi connectivity index (χ3n) is 4.93. The summed E-state index contributed by atoms with van der Waals surface area (Å²) in [5, 5.41) is 3.43. The Morgan fingerprint density at radius 1 is 0.931 bits per heavy atom. The van der Waals surface area contributed by atoms with Gasteiger partial charge in [0, 0.05) is 29.4 Å². The van der Waals surface area contributed by atoms with Gasteiger partial charge in [0.05, 0.1) is 4.90 Å². The summed E-state index contributed by atoms with van der Waals surface area (Å²) < 4.78 is 27.3. The maximum atomic E-state index is 12.9. The fraction of sp³-hybridized carbons (Fsp3) is 0.136. The third kappa shape index (κ3) is 4.19. The highest BCUT2D eigenvalue weighted by atomic mass is 35.5. The van der Waals surface area contributed by atoms with Crippen LogP contribution < -0.4 is 5.32 Å². The van der Waals surface area contributed by atoms with Gasteiger partial charge < -0.3 is 5.32 Å². The van der Waals surface area contributed by atoms with Crippen molar-refractivity contribution in [3.05, 3.63) is 94.5 Å². The van der Waals surface area contributed by atoms with E-state index in [1.807, 2.05) is 18.2 Å². The van der Waals surface area contributed by atoms with Crippen molar-refractivity contribution < 1.29 is 13.2 Å². The van der Waals surface area contributed by atoms with E-state index in [9.17, 15) is 13.2 Å². The lowest BCUT2D eigenvalue weighted by molar-refractivity contribution is 0.102. The van der Waals surface area contributed by atoms with Gasteiger partial charge in [-0.15, -0.1) is 0 Å². The van der Waals surface area contributed by atoms with E-state index >= 15 is 0 Å². The van der Waals surface area contributed by atoms with Crippen LogP contribution in [0.15, 0.2) is 77.7 Å². The average molecular weight is 427 g/mol. The maximum Gasteiger partial charge on any atom is 0.255 e. The summed E-state index contributed by atoms with van der Waals surface area (Å²) in [4.78, 5) is 12.7. The molecule has 1 N–H and O–H groups in total. The van der Waals surface area contributed by atoms with Crippen molar-refractivity contribution in [2.75, 3.05) is 11.9 Å². The molecule has 0 spiro atoms. The van der Waals surface area contributed by atoms with Crippen LogP contribution in [0, 0.1) is 0 Å². The predicted octanol–water partition coefficient (Wildman–Crippen LogP) is 4.34. The molecular weight excluding hydrogens is 408 g/mol. The summed E-state index contributed by atoms with van der Waals surface area (Å²) in [5.41, 5.74) is 3.11. The molecule has 3 aromatic carbocycles. The molecule has 5 nitrogen and oxygen atoms in total. The van der Waals surface area contributed by atoms with Gasteiger partial charge in [-0.05, 0) is 66.1 Å². The highest BCUT2D eigenvalue weighted by Gasteiger charge is 2.28. The number of fused-ring (bicyclic) bond motifs is 1. The Morgan fingerprint density at radius 3 is 2.38 bits per heavy atom. The number of nitrogens with zero attached hydrogens (tertiary/aromatic N) is 1. The summed E-state index contributed by atoms with van der Waals surface area (Å²) >= 11 is 5.87. The number of benzene rings is 3. The molecular formula is C22H19ClN2O3S. The number of halogens is 1. The summed E-state index contributed by atoms with van der Waals surface area (Å²) in [6, 6.07) is 20.7. The standard InChI is InChI=1S/C22H19ClN2O3S/c23-19-9-6-17(7-10-19)22(26)24-20-11-8-16-12-13-25(15-18(16)14-20)29(27,28)21-4-2-1-3-5-21/h1-11,14H,12-13,15H2,(H,24,26). The van der Waals surface area contributed by atoms with Crippen LogP contribution in [0.3, 0.4) is 0 Å². The van der Waals surface area contributed by atoms with Crippen molar-refractivity contribution in [3.63, 3.8) is 0 Å². The van der Waals surface area contributed by atoms with E-state index in [4.69, 9.17) is 11.6 Å². The molecule has 0 bridgehead atoms. The Labute approximate surface area is 175 Å². The Balaban J connectivity index is 1.54. The zero-order chi connectivity index (χ0) is 20.4. The monoisotopic (exact) mass is 426 g/mol. The van der Waals surface area contributed by atoms with Gasteiger partial charge in [-0.3, -0.25) is 4.79 Å².